The summed E-state index contributed by atoms with van der Waals surface area (Å²) in [6, 6.07) is 27.8. The third-order valence-electron chi connectivity index (χ3n) is 7.04. The van der Waals surface area contributed by atoms with Crippen molar-refractivity contribution in [2.75, 3.05) is 11.3 Å². The standard InChI is InChI=1S/C35H37N3O6S/c1-5-43-33(39)32-20-27-16-15-25(21-36-34(40)44-35(2,3)4)17-31(27)38(32)22-28-19-29(18-26-13-9-10-14-30(26)28)37-45(41,42)23-24-11-7-6-8-12-24/h6-20,37H,5,21-23H2,1-4H3,(H,36,40). The Labute approximate surface area is 263 Å². The Morgan fingerprint density at radius 1 is 0.844 bits per heavy atom. The number of alkyl carbamates (subject to hydrolysis) is 1. The van der Waals surface area contributed by atoms with E-state index in [0.29, 0.717) is 16.9 Å². The Morgan fingerprint density at radius 3 is 2.31 bits per heavy atom. The predicted octanol–water partition coefficient (Wildman–Crippen LogP) is 6.99. The first kappa shape index (κ1) is 31.6. The van der Waals surface area contributed by atoms with E-state index in [1.54, 1.807) is 64.1 Å². The smallest absolute Gasteiger partial charge is 0.407 e. The van der Waals surface area contributed by atoms with Gasteiger partial charge < -0.3 is 19.4 Å². The van der Waals surface area contributed by atoms with Gasteiger partial charge in [-0.25, -0.2) is 18.0 Å². The van der Waals surface area contributed by atoms with Gasteiger partial charge in [-0.15, -0.1) is 0 Å². The van der Waals surface area contributed by atoms with Gasteiger partial charge in [0, 0.05) is 29.7 Å². The minimum Gasteiger partial charge on any atom is -0.461 e. The van der Waals surface area contributed by atoms with Gasteiger partial charge in [-0.2, -0.15) is 0 Å². The number of sulfonamides is 1. The minimum absolute atomic E-state index is 0.161. The van der Waals surface area contributed by atoms with Crippen LogP contribution in [0.25, 0.3) is 21.7 Å². The zero-order chi connectivity index (χ0) is 32.2. The number of ether oxygens (including phenoxy) is 2. The van der Waals surface area contributed by atoms with Crippen molar-refractivity contribution in [1.82, 2.24) is 9.88 Å². The number of nitrogens with one attached hydrogen (secondary N) is 2. The number of aromatic nitrogens is 1. The van der Waals surface area contributed by atoms with Crippen LogP contribution in [0.2, 0.25) is 0 Å². The molecule has 0 aliphatic rings. The van der Waals surface area contributed by atoms with Crippen LogP contribution in [0.3, 0.4) is 0 Å². The quantitative estimate of drug-likeness (QED) is 0.161. The summed E-state index contributed by atoms with van der Waals surface area (Å²) in [5, 5.41) is 5.38. The number of hydrogen-bond donors (Lipinski definition) is 2. The van der Waals surface area contributed by atoms with Crippen molar-refractivity contribution in [2.45, 2.75) is 52.1 Å². The van der Waals surface area contributed by atoms with Crippen molar-refractivity contribution in [2.24, 2.45) is 0 Å². The number of benzene rings is 4. The van der Waals surface area contributed by atoms with Crippen molar-refractivity contribution in [3.63, 3.8) is 0 Å². The largest absolute Gasteiger partial charge is 0.461 e. The number of esters is 1. The normalized spacial score (nSPS) is 11.8. The molecule has 10 heteroatoms. The second kappa shape index (κ2) is 13.0. The third kappa shape index (κ3) is 8.02. The topological polar surface area (TPSA) is 116 Å². The summed E-state index contributed by atoms with van der Waals surface area (Å²) < 4.78 is 41.6. The Bertz CT molecular complexity index is 1960. The summed E-state index contributed by atoms with van der Waals surface area (Å²) in [7, 11) is -3.70. The molecule has 0 spiro atoms. The molecule has 2 N–H and O–H groups in total. The number of rotatable bonds is 10. The van der Waals surface area contributed by atoms with Crippen molar-refractivity contribution >= 4 is 49.4 Å². The van der Waals surface area contributed by atoms with Crippen LogP contribution in [0, 0.1) is 0 Å². The number of carbonyl (C=O) groups excluding carboxylic acids is 2. The molecule has 0 bridgehead atoms. The number of hydrogen-bond acceptors (Lipinski definition) is 6. The second-order valence-electron chi connectivity index (χ2n) is 11.8. The Morgan fingerprint density at radius 2 is 1.58 bits per heavy atom. The molecule has 0 saturated carbocycles. The zero-order valence-electron chi connectivity index (χ0n) is 25.8. The molecule has 0 atom stereocenters. The second-order valence-corrected chi connectivity index (χ2v) is 13.5. The maximum atomic E-state index is 13.1. The van der Waals surface area contributed by atoms with E-state index in [1.165, 1.54) is 0 Å². The van der Waals surface area contributed by atoms with Gasteiger partial charge in [0.05, 0.1) is 12.4 Å². The third-order valence-corrected chi connectivity index (χ3v) is 8.30. The summed E-state index contributed by atoms with van der Waals surface area (Å²) in [6.07, 6.45) is -0.525. The lowest BCUT2D eigenvalue weighted by atomic mass is 10.0. The Hall–Kier alpha value is -4.83. The van der Waals surface area contributed by atoms with E-state index in [0.717, 1.165) is 32.8 Å². The number of anilines is 1. The van der Waals surface area contributed by atoms with Crippen molar-refractivity contribution < 1.29 is 27.5 Å². The molecule has 0 radical (unpaired) electrons. The van der Waals surface area contributed by atoms with Gasteiger partial charge in [0.15, 0.2) is 0 Å². The van der Waals surface area contributed by atoms with Crippen molar-refractivity contribution in [3.05, 3.63) is 113 Å². The van der Waals surface area contributed by atoms with E-state index in [9.17, 15) is 18.0 Å². The fourth-order valence-electron chi connectivity index (χ4n) is 5.20. The molecule has 0 aliphatic carbocycles. The van der Waals surface area contributed by atoms with Crippen molar-refractivity contribution in [3.8, 4) is 0 Å². The monoisotopic (exact) mass is 627 g/mol. The van der Waals surface area contributed by atoms with Crippen LogP contribution in [0.4, 0.5) is 10.5 Å². The van der Waals surface area contributed by atoms with E-state index in [2.05, 4.69) is 10.0 Å². The molecule has 45 heavy (non-hydrogen) atoms. The molecule has 4 aromatic carbocycles. The van der Waals surface area contributed by atoms with E-state index < -0.39 is 27.7 Å². The fourth-order valence-corrected chi connectivity index (χ4v) is 6.38. The summed E-state index contributed by atoms with van der Waals surface area (Å²) in [6.45, 7) is 7.86. The summed E-state index contributed by atoms with van der Waals surface area (Å²) in [4.78, 5) is 25.4. The molecular formula is C35H37N3O6S. The Kier molecular flexibility index (Phi) is 9.15. The van der Waals surface area contributed by atoms with Gasteiger partial charge in [-0.1, -0.05) is 66.7 Å². The number of fused-ring (bicyclic) bond motifs is 2. The van der Waals surface area contributed by atoms with Crippen LogP contribution in [0.1, 0.15) is 54.9 Å². The maximum Gasteiger partial charge on any atom is 0.407 e. The minimum atomic E-state index is -3.70. The van der Waals surface area contributed by atoms with Crippen LogP contribution in [0.15, 0.2) is 91.0 Å². The van der Waals surface area contributed by atoms with E-state index in [4.69, 9.17) is 9.47 Å². The summed E-state index contributed by atoms with van der Waals surface area (Å²) in [5.41, 5.74) is 3.24. The maximum absolute atomic E-state index is 13.1. The summed E-state index contributed by atoms with van der Waals surface area (Å²) >= 11 is 0. The molecule has 234 valence electrons. The highest BCUT2D eigenvalue weighted by Gasteiger charge is 2.20. The van der Waals surface area contributed by atoms with Crippen LogP contribution >= 0.6 is 0 Å². The number of amides is 1. The Balaban J connectivity index is 1.52. The summed E-state index contributed by atoms with van der Waals surface area (Å²) in [5.74, 6) is -0.628. The molecule has 0 saturated heterocycles. The number of carbonyl (C=O) groups is 2. The highest BCUT2D eigenvalue weighted by Crippen LogP contribution is 2.29. The average Bonchev–Trinajstić information content (AvgIpc) is 3.33. The molecule has 5 rings (SSSR count). The zero-order valence-corrected chi connectivity index (χ0v) is 26.6. The van der Waals surface area contributed by atoms with Gasteiger partial charge in [0.2, 0.25) is 10.0 Å². The highest BCUT2D eigenvalue weighted by molar-refractivity contribution is 7.91. The molecule has 1 amide bonds. The van der Waals surface area contributed by atoms with Gasteiger partial charge >= 0.3 is 12.1 Å². The highest BCUT2D eigenvalue weighted by atomic mass is 32.2. The SMILES string of the molecule is CCOC(=O)c1cc2ccc(CNC(=O)OC(C)(C)C)cc2n1Cc1cc(NS(=O)(=O)Cc2ccccc2)cc2ccccc12. The number of nitrogens with zero attached hydrogens (tertiary/aromatic N) is 1. The van der Waals surface area contributed by atoms with Crippen LogP contribution in [-0.4, -0.2) is 37.3 Å². The molecule has 0 unspecified atom stereocenters. The lowest BCUT2D eigenvalue weighted by molar-refractivity contribution is 0.0508. The van der Waals surface area contributed by atoms with E-state index in [-0.39, 0.29) is 25.4 Å². The molecule has 0 fully saturated rings. The molecule has 1 aromatic heterocycles. The first-order valence-electron chi connectivity index (χ1n) is 14.7. The first-order valence-corrected chi connectivity index (χ1v) is 16.4. The first-order chi connectivity index (χ1) is 21.4. The van der Waals surface area contributed by atoms with E-state index in [1.807, 2.05) is 59.2 Å². The molecule has 1 heterocycles. The lowest BCUT2D eigenvalue weighted by Crippen LogP contribution is -2.32. The molecule has 5 aromatic rings. The van der Waals surface area contributed by atoms with Crippen LogP contribution < -0.4 is 10.0 Å². The van der Waals surface area contributed by atoms with Gasteiger partial charge in [0.1, 0.15) is 11.3 Å². The fraction of sp³-hybridized carbons (Fsp3) is 0.257. The predicted molar refractivity (Wildman–Crippen MR) is 177 cm³/mol. The lowest BCUT2D eigenvalue weighted by Gasteiger charge is -2.19. The van der Waals surface area contributed by atoms with E-state index >= 15 is 0 Å². The van der Waals surface area contributed by atoms with Gasteiger partial charge in [-0.3, -0.25) is 4.72 Å². The van der Waals surface area contributed by atoms with Gasteiger partial charge in [0.25, 0.3) is 0 Å². The molecular weight excluding hydrogens is 590 g/mol. The van der Waals surface area contributed by atoms with Crippen LogP contribution in [-0.2, 0) is 38.3 Å². The van der Waals surface area contributed by atoms with Crippen molar-refractivity contribution in [1.29, 1.82) is 0 Å². The molecule has 9 nitrogen and oxygen atoms in total. The van der Waals surface area contributed by atoms with Crippen LogP contribution in [0.5, 0.6) is 0 Å². The van der Waals surface area contributed by atoms with Gasteiger partial charge in [-0.05, 0) is 79.4 Å². The molecule has 0 aliphatic heterocycles. The average molecular weight is 628 g/mol.